The molecule has 0 N–H and O–H groups in total. The van der Waals surface area contributed by atoms with E-state index in [1.54, 1.807) is 12.1 Å². The minimum absolute atomic E-state index is 0. The van der Waals surface area contributed by atoms with Crippen molar-refractivity contribution in [3.63, 3.8) is 0 Å². The van der Waals surface area contributed by atoms with Gasteiger partial charge in [0.05, 0.1) is 5.70 Å². The van der Waals surface area contributed by atoms with Gasteiger partial charge in [0.25, 0.3) is 0 Å². The molecule has 8 heteroatoms. The third-order valence-electron chi connectivity index (χ3n) is 4.93. The molecule has 0 saturated heterocycles. The average molecular weight is 462 g/mol. The molecule has 0 spiro atoms. The molecule has 1 aromatic carbocycles. The fourth-order valence-electron chi connectivity index (χ4n) is 3.56. The van der Waals surface area contributed by atoms with Crippen molar-refractivity contribution in [1.29, 1.82) is 5.26 Å². The molecule has 0 radical (unpaired) electrons. The Morgan fingerprint density at radius 2 is 2.00 bits per heavy atom. The molecule has 146 valence electrons. The minimum Gasteiger partial charge on any atom is -0.334 e. The number of thioether (sulfide) groups is 1. The summed E-state index contributed by atoms with van der Waals surface area (Å²) in [6.45, 7) is 3.60. The first-order valence-corrected chi connectivity index (χ1v) is 10.1. The number of hydrogen-bond acceptors (Lipinski definition) is 5. The molecular formula is C20H21BrFN5S. The lowest BCUT2D eigenvalue weighted by molar-refractivity contribution is 0.556. The molecule has 0 bridgehead atoms. The molecule has 0 atom stereocenters. The molecule has 0 amide bonds. The Kier molecular flexibility index (Phi) is 6.57. The van der Waals surface area contributed by atoms with Crippen LogP contribution >= 0.6 is 28.7 Å². The molecule has 2 aromatic rings. The van der Waals surface area contributed by atoms with Gasteiger partial charge in [0.1, 0.15) is 28.3 Å². The lowest BCUT2D eigenvalue weighted by atomic mass is 10.1. The van der Waals surface area contributed by atoms with Crippen LogP contribution in [0.3, 0.4) is 0 Å². The van der Waals surface area contributed by atoms with Crippen LogP contribution in [0.5, 0.6) is 0 Å². The van der Waals surface area contributed by atoms with E-state index in [0.29, 0.717) is 17.9 Å². The van der Waals surface area contributed by atoms with Crippen LogP contribution in [0.2, 0.25) is 0 Å². The third-order valence-corrected chi connectivity index (χ3v) is 5.92. The van der Waals surface area contributed by atoms with Gasteiger partial charge in [-0.25, -0.2) is 4.39 Å². The van der Waals surface area contributed by atoms with Gasteiger partial charge in [-0.15, -0.1) is 27.2 Å². The largest absolute Gasteiger partial charge is 0.334 e. The van der Waals surface area contributed by atoms with E-state index in [1.165, 1.54) is 30.3 Å². The van der Waals surface area contributed by atoms with E-state index >= 15 is 0 Å². The summed E-state index contributed by atoms with van der Waals surface area (Å²) < 4.78 is 15.4. The molecular weight excluding hydrogens is 441 g/mol. The van der Waals surface area contributed by atoms with Gasteiger partial charge in [-0.3, -0.25) is 0 Å². The third kappa shape index (κ3) is 3.74. The fourth-order valence-corrected chi connectivity index (χ4v) is 4.66. The summed E-state index contributed by atoms with van der Waals surface area (Å²) in [6.07, 6.45) is 4.27. The van der Waals surface area contributed by atoms with E-state index in [0.717, 1.165) is 47.9 Å². The number of benzene rings is 1. The maximum atomic E-state index is 13.3. The second kappa shape index (κ2) is 8.93. The summed E-state index contributed by atoms with van der Waals surface area (Å²) in [6, 6.07) is 8.81. The van der Waals surface area contributed by atoms with E-state index in [9.17, 15) is 9.65 Å². The smallest absolute Gasteiger partial charge is 0.177 e. The summed E-state index contributed by atoms with van der Waals surface area (Å²) >= 11 is 1.52. The van der Waals surface area contributed by atoms with Crippen molar-refractivity contribution in [3.8, 4) is 6.07 Å². The lowest BCUT2D eigenvalue weighted by Crippen LogP contribution is -2.18. The number of aryl methyl sites for hydroxylation is 1. The Labute approximate surface area is 178 Å². The molecule has 2 aliphatic heterocycles. The van der Waals surface area contributed by atoms with Crippen LogP contribution in [0.4, 0.5) is 4.39 Å². The van der Waals surface area contributed by atoms with E-state index in [4.69, 9.17) is 0 Å². The molecule has 4 rings (SSSR count). The number of nitrogens with zero attached hydrogens (tertiary/aromatic N) is 5. The molecule has 1 aromatic heterocycles. The predicted octanol–water partition coefficient (Wildman–Crippen LogP) is 4.98. The highest BCUT2D eigenvalue weighted by molar-refractivity contribution is 8.93. The van der Waals surface area contributed by atoms with Gasteiger partial charge < -0.3 is 9.47 Å². The normalized spacial score (nSPS) is 17.9. The van der Waals surface area contributed by atoms with Crippen molar-refractivity contribution in [2.45, 2.75) is 39.2 Å². The number of fused-ring (bicyclic) bond motifs is 1. The molecule has 0 aliphatic carbocycles. The van der Waals surface area contributed by atoms with E-state index in [-0.39, 0.29) is 22.8 Å². The first-order valence-electron chi connectivity index (χ1n) is 9.20. The quantitative estimate of drug-likeness (QED) is 0.603. The first kappa shape index (κ1) is 20.6. The van der Waals surface area contributed by atoms with Crippen molar-refractivity contribution in [2.24, 2.45) is 0 Å². The average Bonchev–Trinajstić information content (AvgIpc) is 3.20. The lowest BCUT2D eigenvalue weighted by Gasteiger charge is -2.23. The SMILES string of the molecule is Br.CCN1C(c2ccc(F)cc2)=CS/C1=C(/C#N)c1nnc2n1CCCCC2. The van der Waals surface area contributed by atoms with Crippen molar-refractivity contribution in [3.05, 3.63) is 57.7 Å². The molecule has 3 heterocycles. The van der Waals surface area contributed by atoms with Crippen molar-refractivity contribution >= 4 is 40.0 Å². The van der Waals surface area contributed by atoms with Crippen LogP contribution < -0.4 is 0 Å². The number of halogens is 2. The summed E-state index contributed by atoms with van der Waals surface area (Å²) in [7, 11) is 0. The Morgan fingerprint density at radius 3 is 2.71 bits per heavy atom. The van der Waals surface area contributed by atoms with E-state index in [2.05, 4.69) is 25.7 Å². The van der Waals surface area contributed by atoms with Crippen molar-refractivity contribution in [2.75, 3.05) is 6.54 Å². The molecule has 0 fully saturated rings. The van der Waals surface area contributed by atoms with Crippen LogP contribution in [0, 0.1) is 17.1 Å². The summed E-state index contributed by atoms with van der Waals surface area (Å²) in [5.41, 5.74) is 2.45. The van der Waals surface area contributed by atoms with Crippen LogP contribution in [-0.2, 0) is 13.0 Å². The van der Waals surface area contributed by atoms with Gasteiger partial charge >= 0.3 is 0 Å². The molecule has 28 heavy (non-hydrogen) atoms. The summed E-state index contributed by atoms with van der Waals surface area (Å²) in [5.74, 6) is 1.37. The van der Waals surface area contributed by atoms with Crippen LogP contribution in [0.1, 0.15) is 43.4 Å². The number of nitriles is 1. The highest BCUT2D eigenvalue weighted by atomic mass is 79.9. The Bertz CT molecular complexity index is 958. The van der Waals surface area contributed by atoms with Gasteiger partial charge in [0.15, 0.2) is 5.82 Å². The first-order chi connectivity index (χ1) is 13.2. The Morgan fingerprint density at radius 1 is 1.21 bits per heavy atom. The predicted molar refractivity (Wildman–Crippen MR) is 115 cm³/mol. The highest BCUT2D eigenvalue weighted by Crippen LogP contribution is 2.43. The van der Waals surface area contributed by atoms with Crippen LogP contribution in [0.15, 0.2) is 34.7 Å². The van der Waals surface area contributed by atoms with Gasteiger partial charge in [-0.1, -0.05) is 18.2 Å². The van der Waals surface area contributed by atoms with Gasteiger partial charge in [-0.05, 0) is 49.6 Å². The molecule has 0 unspecified atom stereocenters. The van der Waals surface area contributed by atoms with Gasteiger partial charge in [0.2, 0.25) is 0 Å². The Hall–Kier alpha value is -2.11. The zero-order chi connectivity index (χ0) is 18.8. The molecule has 5 nitrogen and oxygen atoms in total. The summed E-state index contributed by atoms with van der Waals surface area (Å²) in [4.78, 5) is 2.09. The minimum atomic E-state index is -0.257. The molecule has 2 aliphatic rings. The zero-order valence-corrected chi connectivity index (χ0v) is 18.1. The van der Waals surface area contributed by atoms with E-state index < -0.39 is 0 Å². The second-order valence-electron chi connectivity index (χ2n) is 6.57. The maximum Gasteiger partial charge on any atom is 0.177 e. The number of hydrogen-bond donors (Lipinski definition) is 0. The topological polar surface area (TPSA) is 57.7 Å². The number of aromatic nitrogens is 3. The van der Waals surface area contributed by atoms with Crippen molar-refractivity contribution in [1.82, 2.24) is 19.7 Å². The second-order valence-corrected chi connectivity index (χ2v) is 7.42. The van der Waals surface area contributed by atoms with Crippen LogP contribution in [-0.4, -0.2) is 26.2 Å². The number of rotatable bonds is 3. The monoisotopic (exact) mass is 461 g/mol. The molecule has 0 saturated carbocycles. The fraction of sp³-hybridized carbons (Fsp3) is 0.350. The maximum absolute atomic E-state index is 13.3. The zero-order valence-electron chi connectivity index (χ0n) is 15.6. The standard InChI is InChI=1S/C20H20FN5S.BrH/c1-2-25-17(14-7-9-15(21)10-8-14)13-27-20(25)16(12-22)19-24-23-18-6-4-3-5-11-26(18)19;/h7-10,13H,2-6,11H2,1H3;1H/b20-16-;. The summed E-state index contributed by atoms with van der Waals surface area (Å²) in [5, 5.41) is 21.5. The van der Waals surface area contributed by atoms with Gasteiger partial charge in [0, 0.05) is 24.9 Å². The van der Waals surface area contributed by atoms with Crippen molar-refractivity contribution < 1.29 is 4.39 Å². The van der Waals surface area contributed by atoms with E-state index in [1.807, 2.05) is 12.3 Å². The number of allylic oxidation sites excluding steroid dienone is 1. The van der Waals surface area contributed by atoms with Crippen LogP contribution in [0.25, 0.3) is 11.3 Å². The highest BCUT2D eigenvalue weighted by Gasteiger charge is 2.28. The van der Waals surface area contributed by atoms with Gasteiger partial charge in [-0.2, -0.15) is 5.26 Å². The Balaban J connectivity index is 0.00000225.